The van der Waals surface area contributed by atoms with Gasteiger partial charge >= 0.3 is 5.97 Å². The average Bonchev–Trinajstić information content (AvgIpc) is 3.07. The van der Waals surface area contributed by atoms with Crippen LogP contribution in [0.25, 0.3) is 0 Å². The molecule has 1 amide bonds. The Kier molecular flexibility index (Phi) is 5.17. The molecule has 2 rings (SSSR count). The van der Waals surface area contributed by atoms with E-state index in [9.17, 15) is 14.7 Å². The monoisotopic (exact) mass is 295 g/mol. The molecule has 1 saturated carbocycles. The van der Waals surface area contributed by atoms with Gasteiger partial charge in [-0.1, -0.05) is 19.4 Å². The van der Waals surface area contributed by atoms with Gasteiger partial charge in [0.05, 0.1) is 11.8 Å². The second kappa shape index (κ2) is 6.88. The first-order chi connectivity index (χ1) is 9.61. The molecule has 0 bridgehead atoms. The number of amides is 1. The van der Waals surface area contributed by atoms with Crippen molar-refractivity contribution < 1.29 is 14.7 Å². The van der Waals surface area contributed by atoms with Crippen molar-refractivity contribution in [2.24, 2.45) is 17.8 Å². The number of carbonyl (C=O) groups excluding carboxylic acids is 1. The molecule has 1 aliphatic rings. The number of rotatable bonds is 6. The van der Waals surface area contributed by atoms with E-state index in [1.54, 1.807) is 11.3 Å². The van der Waals surface area contributed by atoms with Gasteiger partial charge in [0, 0.05) is 11.4 Å². The number of nitrogens with one attached hydrogen (secondary N) is 1. The fraction of sp³-hybridized carbons (Fsp3) is 0.600. The molecule has 5 heteroatoms. The maximum absolute atomic E-state index is 12.2. The summed E-state index contributed by atoms with van der Waals surface area (Å²) in [5, 5.41) is 14.2. The number of carboxylic acid groups (broad SMARTS) is 1. The zero-order valence-corrected chi connectivity index (χ0v) is 12.5. The van der Waals surface area contributed by atoms with Crippen LogP contribution in [-0.4, -0.2) is 23.5 Å². The van der Waals surface area contributed by atoms with E-state index in [0.29, 0.717) is 25.3 Å². The molecule has 2 N–H and O–H groups in total. The Morgan fingerprint density at radius 2 is 2.15 bits per heavy atom. The lowest BCUT2D eigenvalue weighted by atomic mass is 9.95. The summed E-state index contributed by atoms with van der Waals surface area (Å²) < 4.78 is 0. The van der Waals surface area contributed by atoms with Crippen molar-refractivity contribution in [2.45, 2.75) is 32.6 Å². The van der Waals surface area contributed by atoms with Gasteiger partial charge in [-0.05, 0) is 36.6 Å². The van der Waals surface area contributed by atoms with Crippen LogP contribution in [0, 0.1) is 17.8 Å². The molecule has 0 saturated heterocycles. The van der Waals surface area contributed by atoms with E-state index in [1.807, 2.05) is 17.5 Å². The molecule has 0 aliphatic heterocycles. The van der Waals surface area contributed by atoms with Crippen molar-refractivity contribution in [1.82, 2.24) is 5.32 Å². The molecular weight excluding hydrogens is 274 g/mol. The lowest BCUT2D eigenvalue weighted by molar-refractivity contribution is -0.146. The van der Waals surface area contributed by atoms with Crippen LogP contribution in [0.5, 0.6) is 0 Å². The van der Waals surface area contributed by atoms with Crippen LogP contribution in [0.3, 0.4) is 0 Å². The summed E-state index contributed by atoms with van der Waals surface area (Å²) in [5.41, 5.74) is 0. The number of carboxylic acids is 1. The number of carbonyl (C=O) groups is 2. The first kappa shape index (κ1) is 15.0. The van der Waals surface area contributed by atoms with E-state index in [2.05, 4.69) is 12.2 Å². The molecule has 1 heterocycles. The smallest absolute Gasteiger partial charge is 0.307 e. The van der Waals surface area contributed by atoms with Gasteiger partial charge in [-0.25, -0.2) is 0 Å². The van der Waals surface area contributed by atoms with Crippen LogP contribution in [0.1, 0.15) is 31.1 Å². The summed E-state index contributed by atoms with van der Waals surface area (Å²) in [4.78, 5) is 24.7. The minimum Gasteiger partial charge on any atom is -0.481 e. The SMILES string of the molecule is CCC1C[C@H](C(=O)NCCc2cccs2)[C@H](C(=O)O)C1. The standard InChI is InChI=1S/C15H21NO3S/c1-2-10-8-12(13(9-10)15(18)19)14(17)16-6-5-11-4-3-7-20-11/h3-4,7,10,12-13H,2,5-6,8-9H2,1H3,(H,16,17)(H,18,19)/t10?,12-,13+/m0/s1. The third-order valence-corrected chi connectivity index (χ3v) is 5.08. The predicted molar refractivity (Wildman–Crippen MR) is 78.7 cm³/mol. The fourth-order valence-corrected chi connectivity index (χ4v) is 3.64. The van der Waals surface area contributed by atoms with Gasteiger partial charge in [0.25, 0.3) is 0 Å². The van der Waals surface area contributed by atoms with Gasteiger partial charge in [-0.15, -0.1) is 11.3 Å². The molecule has 0 spiro atoms. The third-order valence-electron chi connectivity index (χ3n) is 4.14. The Balaban J connectivity index is 1.85. The summed E-state index contributed by atoms with van der Waals surface area (Å²) in [7, 11) is 0. The van der Waals surface area contributed by atoms with Gasteiger partial charge < -0.3 is 10.4 Å². The Labute approximate surface area is 123 Å². The van der Waals surface area contributed by atoms with Crippen LogP contribution in [0.2, 0.25) is 0 Å². The van der Waals surface area contributed by atoms with Crippen LogP contribution < -0.4 is 5.32 Å². The summed E-state index contributed by atoms with van der Waals surface area (Å²) >= 11 is 1.67. The van der Waals surface area contributed by atoms with Crippen molar-refractivity contribution in [3.8, 4) is 0 Å². The molecule has 1 fully saturated rings. The molecule has 1 aliphatic carbocycles. The van der Waals surface area contributed by atoms with E-state index in [4.69, 9.17) is 0 Å². The summed E-state index contributed by atoms with van der Waals surface area (Å²) in [6.07, 6.45) is 3.10. The molecule has 0 radical (unpaired) electrons. The number of aliphatic carboxylic acids is 1. The third kappa shape index (κ3) is 3.60. The minimum absolute atomic E-state index is 0.0927. The average molecular weight is 295 g/mol. The van der Waals surface area contributed by atoms with Crippen LogP contribution in [-0.2, 0) is 16.0 Å². The Bertz CT molecular complexity index is 458. The first-order valence-corrected chi connectivity index (χ1v) is 8.02. The topological polar surface area (TPSA) is 66.4 Å². The van der Waals surface area contributed by atoms with Crippen molar-refractivity contribution in [2.75, 3.05) is 6.54 Å². The zero-order chi connectivity index (χ0) is 14.5. The lowest BCUT2D eigenvalue weighted by Crippen LogP contribution is -2.36. The first-order valence-electron chi connectivity index (χ1n) is 7.14. The summed E-state index contributed by atoms with van der Waals surface area (Å²) in [5.74, 6) is -1.43. The quantitative estimate of drug-likeness (QED) is 0.847. The molecule has 0 aromatic carbocycles. The lowest BCUT2D eigenvalue weighted by Gasteiger charge is -2.15. The largest absolute Gasteiger partial charge is 0.481 e. The summed E-state index contributed by atoms with van der Waals surface area (Å²) in [6, 6.07) is 4.03. The molecule has 4 nitrogen and oxygen atoms in total. The molecule has 1 aromatic heterocycles. The Hall–Kier alpha value is -1.36. The molecule has 3 atom stereocenters. The van der Waals surface area contributed by atoms with E-state index in [1.165, 1.54) is 4.88 Å². The van der Waals surface area contributed by atoms with Gasteiger partial charge in [0.2, 0.25) is 5.91 Å². The van der Waals surface area contributed by atoms with E-state index in [-0.39, 0.29) is 11.8 Å². The summed E-state index contributed by atoms with van der Waals surface area (Å²) in [6.45, 7) is 2.64. The van der Waals surface area contributed by atoms with Crippen LogP contribution in [0.15, 0.2) is 17.5 Å². The molecule has 20 heavy (non-hydrogen) atoms. The number of thiophene rings is 1. The van der Waals surface area contributed by atoms with Gasteiger partial charge in [-0.3, -0.25) is 9.59 Å². The highest BCUT2D eigenvalue weighted by Crippen LogP contribution is 2.38. The maximum atomic E-state index is 12.2. The molecule has 110 valence electrons. The predicted octanol–water partition coefficient (Wildman–Crippen LogP) is 2.54. The Morgan fingerprint density at radius 1 is 1.40 bits per heavy atom. The highest BCUT2D eigenvalue weighted by Gasteiger charge is 2.41. The molecule has 1 aromatic rings. The highest BCUT2D eigenvalue weighted by molar-refractivity contribution is 7.09. The van der Waals surface area contributed by atoms with Crippen LogP contribution >= 0.6 is 11.3 Å². The van der Waals surface area contributed by atoms with Crippen molar-refractivity contribution in [3.05, 3.63) is 22.4 Å². The number of hydrogen-bond acceptors (Lipinski definition) is 3. The maximum Gasteiger partial charge on any atom is 0.307 e. The highest BCUT2D eigenvalue weighted by atomic mass is 32.1. The normalized spacial score (nSPS) is 25.6. The second-order valence-electron chi connectivity index (χ2n) is 5.42. The fourth-order valence-electron chi connectivity index (χ4n) is 2.93. The van der Waals surface area contributed by atoms with Gasteiger partial charge in [0.1, 0.15) is 0 Å². The van der Waals surface area contributed by atoms with E-state index >= 15 is 0 Å². The minimum atomic E-state index is -0.834. The molecule has 1 unspecified atom stereocenters. The van der Waals surface area contributed by atoms with Gasteiger partial charge in [-0.2, -0.15) is 0 Å². The molecular formula is C15H21NO3S. The van der Waals surface area contributed by atoms with Crippen molar-refractivity contribution >= 4 is 23.2 Å². The second-order valence-corrected chi connectivity index (χ2v) is 6.45. The van der Waals surface area contributed by atoms with Crippen molar-refractivity contribution in [3.63, 3.8) is 0 Å². The zero-order valence-electron chi connectivity index (χ0n) is 11.7. The van der Waals surface area contributed by atoms with Gasteiger partial charge in [0.15, 0.2) is 0 Å². The van der Waals surface area contributed by atoms with Crippen molar-refractivity contribution in [1.29, 1.82) is 0 Å². The van der Waals surface area contributed by atoms with E-state index < -0.39 is 11.9 Å². The van der Waals surface area contributed by atoms with Crippen LogP contribution in [0.4, 0.5) is 0 Å². The number of hydrogen-bond donors (Lipinski definition) is 2. The van der Waals surface area contributed by atoms with E-state index in [0.717, 1.165) is 12.8 Å². The Morgan fingerprint density at radius 3 is 2.75 bits per heavy atom.